The lowest BCUT2D eigenvalue weighted by atomic mass is 10.0. The third-order valence-electron chi connectivity index (χ3n) is 13.1. The van der Waals surface area contributed by atoms with Crippen LogP contribution in [0.25, 0.3) is 0 Å². The third kappa shape index (κ3) is 57.5. The number of ether oxygens (including phenoxy) is 3. The van der Waals surface area contributed by atoms with Gasteiger partial charge in [-0.25, -0.2) is 0 Å². The minimum Gasteiger partial charge on any atom is -0.462 e. The number of esters is 3. The van der Waals surface area contributed by atoms with E-state index in [0.717, 1.165) is 103 Å². The van der Waals surface area contributed by atoms with E-state index in [0.29, 0.717) is 19.3 Å². The number of unbranched alkanes of at least 4 members (excludes halogenated alkanes) is 30. The van der Waals surface area contributed by atoms with Crippen molar-refractivity contribution in [2.24, 2.45) is 0 Å². The van der Waals surface area contributed by atoms with Crippen molar-refractivity contribution in [1.29, 1.82) is 0 Å². The van der Waals surface area contributed by atoms with E-state index in [9.17, 15) is 14.4 Å². The van der Waals surface area contributed by atoms with Crippen molar-refractivity contribution in [2.45, 2.75) is 303 Å². The summed E-state index contributed by atoms with van der Waals surface area (Å²) in [6.07, 6.45) is 78.9. The Morgan fingerprint density at radius 3 is 0.861 bits per heavy atom. The van der Waals surface area contributed by atoms with Crippen molar-refractivity contribution in [3.8, 4) is 0 Å². The highest BCUT2D eigenvalue weighted by atomic mass is 16.6. The molecule has 0 aromatic carbocycles. The predicted molar refractivity (Wildman–Crippen MR) is 311 cm³/mol. The summed E-state index contributed by atoms with van der Waals surface area (Å²) in [6, 6.07) is 0. The molecular formula is C66H114O6. The van der Waals surface area contributed by atoms with Crippen LogP contribution in [0.3, 0.4) is 0 Å². The number of allylic oxidation sites excluding steroid dienone is 14. The predicted octanol–water partition coefficient (Wildman–Crippen LogP) is 20.7. The Labute approximate surface area is 445 Å². The van der Waals surface area contributed by atoms with E-state index >= 15 is 0 Å². The van der Waals surface area contributed by atoms with E-state index in [4.69, 9.17) is 14.2 Å². The van der Waals surface area contributed by atoms with E-state index in [2.05, 4.69) is 106 Å². The highest BCUT2D eigenvalue weighted by molar-refractivity contribution is 5.71. The average Bonchev–Trinajstić information content (AvgIpc) is 3.38. The minimum atomic E-state index is -0.778. The van der Waals surface area contributed by atoms with Gasteiger partial charge in [-0.05, 0) is 96.3 Å². The van der Waals surface area contributed by atoms with Gasteiger partial charge in [0.05, 0.1) is 0 Å². The number of hydrogen-bond acceptors (Lipinski definition) is 6. The molecule has 414 valence electrons. The summed E-state index contributed by atoms with van der Waals surface area (Å²) in [5, 5.41) is 0. The summed E-state index contributed by atoms with van der Waals surface area (Å²) >= 11 is 0. The van der Waals surface area contributed by atoms with Gasteiger partial charge in [-0.3, -0.25) is 14.4 Å². The van der Waals surface area contributed by atoms with Gasteiger partial charge in [0.25, 0.3) is 0 Å². The first kappa shape index (κ1) is 68.6. The Morgan fingerprint density at radius 2 is 0.542 bits per heavy atom. The van der Waals surface area contributed by atoms with Crippen molar-refractivity contribution in [1.82, 2.24) is 0 Å². The van der Waals surface area contributed by atoms with Crippen LogP contribution in [-0.2, 0) is 28.6 Å². The first-order chi connectivity index (χ1) is 35.5. The highest BCUT2D eigenvalue weighted by Crippen LogP contribution is 2.16. The first-order valence-electron chi connectivity index (χ1n) is 30.6. The molecule has 1 atom stereocenters. The number of carbonyl (C=O) groups is 3. The van der Waals surface area contributed by atoms with Crippen LogP contribution in [0.4, 0.5) is 0 Å². The lowest BCUT2D eigenvalue weighted by Crippen LogP contribution is -2.30. The maximum Gasteiger partial charge on any atom is 0.306 e. The lowest BCUT2D eigenvalue weighted by Gasteiger charge is -2.18. The summed E-state index contributed by atoms with van der Waals surface area (Å²) in [5.41, 5.74) is 0. The normalized spacial score (nSPS) is 12.7. The van der Waals surface area contributed by atoms with Crippen molar-refractivity contribution < 1.29 is 28.6 Å². The zero-order valence-electron chi connectivity index (χ0n) is 47.4. The highest BCUT2D eigenvalue weighted by Gasteiger charge is 2.19. The lowest BCUT2D eigenvalue weighted by molar-refractivity contribution is -0.167. The quantitative estimate of drug-likeness (QED) is 0.0261. The monoisotopic (exact) mass is 1000 g/mol. The van der Waals surface area contributed by atoms with Gasteiger partial charge in [0.1, 0.15) is 13.2 Å². The Balaban J connectivity index is 4.12. The fraction of sp³-hybridized carbons (Fsp3) is 0.742. The van der Waals surface area contributed by atoms with Crippen LogP contribution in [-0.4, -0.2) is 37.2 Å². The van der Waals surface area contributed by atoms with Gasteiger partial charge in [0, 0.05) is 19.3 Å². The molecule has 0 aliphatic carbocycles. The standard InChI is InChI=1S/C66H114O6/c1-4-7-10-13-16-18-20-22-24-26-28-29-30-31-32-33-34-35-36-37-38-40-41-43-45-47-50-53-56-59-65(68)71-62-63(61-70-64(67)58-55-52-49-15-12-9-6-3)72-66(69)60-57-54-51-48-46-44-42-39-27-25-23-21-19-17-14-11-8-5-2/h7,10,16,18-19,21-22,24-25,27-29,31-32,63H,4-6,8-9,11-15,17,20,23,26,30,33-62H2,1-3H3/b10-7-,18-16-,21-19-,24-22-,27-25-,29-28-,32-31-. The van der Waals surface area contributed by atoms with Crippen molar-refractivity contribution in [2.75, 3.05) is 13.2 Å². The maximum absolute atomic E-state index is 12.8. The molecular weight excluding hydrogens is 889 g/mol. The summed E-state index contributed by atoms with van der Waals surface area (Å²) in [7, 11) is 0. The Morgan fingerprint density at radius 1 is 0.292 bits per heavy atom. The fourth-order valence-electron chi connectivity index (χ4n) is 8.56. The second kappa shape index (κ2) is 60.1. The van der Waals surface area contributed by atoms with E-state index in [-0.39, 0.29) is 31.1 Å². The zero-order valence-corrected chi connectivity index (χ0v) is 47.4. The van der Waals surface area contributed by atoms with Crippen molar-refractivity contribution in [3.63, 3.8) is 0 Å². The molecule has 0 aromatic heterocycles. The number of rotatable bonds is 55. The first-order valence-corrected chi connectivity index (χ1v) is 30.6. The zero-order chi connectivity index (χ0) is 52.2. The second-order valence-electron chi connectivity index (χ2n) is 20.2. The molecule has 0 aliphatic heterocycles. The molecule has 0 saturated carbocycles. The molecule has 0 fully saturated rings. The van der Waals surface area contributed by atoms with Crippen LogP contribution in [0.5, 0.6) is 0 Å². The second-order valence-corrected chi connectivity index (χ2v) is 20.2. The molecule has 0 N–H and O–H groups in total. The Bertz CT molecular complexity index is 1380. The van der Waals surface area contributed by atoms with Crippen LogP contribution >= 0.6 is 0 Å². The Hall–Kier alpha value is -3.41. The van der Waals surface area contributed by atoms with Gasteiger partial charge < -0.3 is 14.2 Å². The molecule has 0 bridgehead atoms. The molecule has 0 spiro atoms. The van der Waals surface area contributed by atoms with E-state index < -0.39 is 6.10 Å². The van der Waals surface area contributed by atoms with Crippen molar-refractivity contribution >= 4 is 17.9 Å². The maximum atomic E-state index is 12.8. The van der Waals surface area contributed by atoms with Gasteiger partial charge in [-0.1, -0.05) is 266 Å². The van der Waals surface area contributed by atoms with Crippen LogP contribution in [0.1, 0.15) is 297 Å². The third-order valence-corrected chi connectivity index (χ3v) is 13.1. The SMILES string of the molecule is CC/C=C\C/C=C\C/C=C\C/C=C\C/C=C\CCCCCCCCCCCCCCCC(=O)OCC(COC(=O)CCCCCCCCC)OC(=O)CCCCCCCCC/C=C\C/C=C\CCCCCC. The summed E-state index contributed by atoms with van der Waals surface area (Å²) in [6.45, 7) is 6.48. The van der Waals surface area contributed by atoms with Crippen LogP contribution in [0.2, 0.25) is 0 Å². The molecule has 0 saturated heterocycles. The molecule has 72 heavy (non-hydrogen) atoms. The topological polar surface area (TPSA) is 78.9 Å². The summed E-state index contributed by atoms with van der Waals surface area (Å²) < 4.78 is 16.8. The molecule has 1 unspecified atom stereocenters. The van der Waals surface area contributed by atoms with Gasteiger partial charge in [-0.2, -0.15) is 0 Å². The summed E-state index contributed by atoms with van der Waals surface area (Å²) in [4.78, 5) is 38.0. The van der Waals surface area contributed by atoms with Crippen molar-refractivity contribution in [3.05, 3.63) is 85.1 Å². The summed E-state index contributed by atoms with van der Waals surface area (Å²) in [5.74, 6) is -0.885. The molecule has 0 aliphatic rings. The van der Waals surface area contributed by atoms with Crippen LogP contribution in [0, 0.1) is 0 Å². The molecule has 6 nitrogen and oxygen atoms in total. The fourth-order valence-corrected chi connectivity index (χ4v) is 8.56. The van der Waals surface area contributed by atoms with E-state index in [1.807, 2.05) is 0 Å². The number of carbonyl (C=O) groups excluding carboxylic acids is 3. The molecule has 0 rings (SSSR count). The minimum absolute atomic E-state index is 0.0776. The van der Waals surface area contributed by atoms with E-state index in [1.54, 1.807) is 0 Å². The molecule has 0 aromatic rings. The van der Waals surface area contributed by atoms with Crippen LogP contribution < -0.4 is 0 Å². The molecule has 0 radical (unpaired) electrons. The van der Waals surface area contributed by atoms with Gasteiger partial charge >= 0.3 is 17.9 Å². The molecule has 0 amide bonds. The van der Waals surface area contributed by atoms with Gasteiger partial charge in [0.15, 0.2) is 6.10 Å². The Kier molecular flexibility index (Phi) is 57.3. The number of hydrogen-bond donors (Lipinski definition) is 0. The van der Waals surface area contributed by atoms with E-state index in [1.165, 1.54) is 154 Å². The van der Waals surface area contributed by atoms with Crippen LogP contribution in [0.15, 0.2) is 85.1 Å². The largest absolute Gasteiger partial charge is 0.462 e. The molecule has 0 heterocycles. The van der Waals surface area contributed by atoms with Gasteiger partial charge in [-0.15, -0.1) is 0 Å². The average molecular weight is 1000 g/mol. The smallest absolute Gasteiger partial charge is 0.306 e. The van der Waals surface area contributed by atoms with Gasteiger partial charge in [0.2, 0.25) is 0 Å². The molecule has 6 heteroatoms.